The van der Waals surface area contributed by atoms with Gasteiger partial charge in [0, 0.05) is 22.9 Å². The second-order valence-corrected chi connectivity index (χ2v) is 9.28. The normalized spacial score (nSPS) is 19.1. The number of benzene rings is 1. The summed E-state index contributed by atoms with van der Waals surface area (Å²) in [4.78, 5) is 35.2. The molecule has 3 aromatic heterocycles. The number of ether oxygens (including phenoxy) is 1. The Hall–Kier alpha value is -3.52. The Bertz CT molecular complexity index is 1550. The highest BCUT2D eigenvalue weighted by molar-refractivity contribution is 6.03. The molecule has 6 rings (SSSR count). The second kappa shape index (κ2) is 6.74. The number of oxazole rings is 1. The van der Waals surface area contributed by atoms with Gasteiger partial charge in [-0.1, -0.05) is 20.8 Å². The van der Waals surface area contributed by atoms with Crippen LogP contribution in [-0.4, -0.2) is 25.6 Å². The van der Waals surface area contributed by atoms with Crippen molar-refractivity contribution in [3.05, 3.63) is 57.2 Å². The Morgan fingerprint density at radius 3 is 2.79 bits per heavy atom. The highest BCUT2D eigenvalue weighted by Crippen LogP contribution is 2.39. The van der Waals surface area contributed by atoms with Gasteiger partial charge in [-0.3, -0.25) is 4.79 Å². The number of nitrogens with zero attached hydrogens (tertiary/aromatic N) is 3. The van der Waals surface area contributed by atoms with E-state index in [0.717, 1.165) is 28.4 Å². The predicted molar refractivity (Wildman–Crippen MR) is 121 cm³/mol. The van der Waals surface area contributed by atoms with E-state index in [-0.39, 0.29) is 18.6 Å². The molecular formula is C25H23N3O5. The maximum Gasteiger partial charge on any atom is 0.343 e. The summed E-state index contributed by atoms with van der Waals surface area (Å²) < 4.78 is 12.7. The second-order valence-electron chi connectivity index (χ2n) is 9.28. The quantitative estimate of drug-likeness (QED) is 0.424. The number of cyclic esters (lactones) is 1. The van der Waals surface area contributed by atoms with E-state index in [0.29, 0.717) is 46.5 Å². The van der Waals surface area contributed by atoms with Gasteiger partial charge in [-0.2, -0.15) is 0 Å². The van der Waals surface area contributed by atoms with Gasteiger partial charge in [-0.15, -0.1) is 0 Å². The van der Waals surface area contributed by atoms with Crippen LogP contribution < -0.4 is 5.56 Å². The lowest BCUT2D eigenvalue weighted by atomic mass is 9.86. The molecule has 0 radical (unpaired) electrons. The molecule has 0 saturated carbocycles. The number of aliphatic hydroxyl groups is 1. The first-order chi connectivity index (χ1) is 15.8. The summed E-state index contributed by atoms with van der Waals surface area (Å²) in [5.74, 6) is 0.401. The van der Waals surface area contributed by atoms with Gasteiger partial charge in [0.1, 0.15) is 12.1 Å². The summed E-state index contributed by atoms with van der Waals surface area (Å²) >= 11 is 0. The van der Waals surface area contributed by atoms with Crippen molar-refractivity contribution < 1.29 is 19.1 Å². The average Bonchev–Trinajstić information content (AvgIpc) is 3.36. The Kier molecular flexibility index (Phi) is 4.11. The van der Waals surface area contributed by atoms with Crippen molar-refractivity contribution in [1.82, 2.24) is 14.5 Å². The molecule has 0 aliphatic carbocycles. The van der Waals surface area contributed by atoms with Crippen molar-refractivity contribution in [3.8, 4) is 11.4 Å². The van der Waals surface area contributed by atoms with E-state index in [2.05, 4.69) is 13.8 Å². The summed E-state index contributed by atoms with van der Waals surface area (Å²) in [6, 6.07) is 7.50. The SMILES string of the molecule is CC[C@@]1(O)C(=O)OCc2c1cc1n(c2=O)Cc2cc3c(ccc4oc(CC(C)C)nc43)nc2-1. The van der Waals surface area contributed by atoms with E-state index in [9.17, 15) is 14.7 Å². The molecule has 1 atom stereocenters. The molecule has 8 heteroatoms. The maximum atomic E-state index is 13.3. The van der Waals surface area contributed by atoms with Gasteiger partial charge in [0.25, 0.3) is 5.56 Å². The standard InChI is InChI=1S/C25H23N3O5/c1-4-25(31)16-9-18-21-13(10-28(18)23(29)15(16)11-32-24(25)30)8-14-17(26-21)5-6-19-22(14)27-20(33-19)7-12(2)3/h5-6,8-9,12,31H,4,7,10-11H2,1-3H3/t25-/m0/s1. The molecule has 2 aliphatic rings. The Morgan fingerprint density at radius 2 is 2.03 bits per heavy atom. The fourth-order valence-electron chi connectivity index (χ4n) is 4.93. The van der Waals surface area contributed by atoms with E-state index >= 15 is 0 Å². The zero-order chi connectivity index (χ0) is 23.1. The summed E-state index contributed by atoms with van der Waals surface area (Å²) in [5, 5.41) is 11.9. The van der Waals surface area contributed by atoms with Gasteiger partial charge in [0.15, 0.2) is 17.1 Å². The molecule has 1 aromatic carbocycles. The van der Waals surface area contributed by atoms with Gasteiger partial charge < -0.3 is 18.8 Å². The molecule has 0 unspecified atom stereocenters. The van der Waals surface area contributed by atoms with Crippen LogP contribution in [0.2, 0.25) is 0 Å². The van der Waals surface area contributed by atoms with Crippen LogP contribution in [0, 0.1) is 5.92 Å². The average molecular weight is 445 g/mol. The number of hydrogen-bond acceptors (Lipinski definition) is 7. The van der Waals surface area contributed by atoms with E-state index in [4.69, 9.17) is 19.1 Å². The van der Waals surface area contributed by atoms with Gasteiger partial charge in [-0.25, -0.2) is 14.8 Å². The predicted octanol–water partition coefficient (Wildman–Crippen LogP) is 3.42. The third kappa shape index (κ3) is 2.73. The molecule has 1 N–H and O–H groups in total. The summed E-state index contributed by atoms with van der Waals surface area (Å²) in [5.41, 5.74) is 2.91. The highest BCUT2D eigenvalue weighted by Gasteiger charge is 2.45. The van der Waals surface area contributed by atoms with E-state index < -0.39 is 11.6 Å². The molecule has 0 saturated heterocycles. The fourth-order valence-corrected chi connectivity index (χ4v) is 4.93. The smallest absolute Gasteiger partial charge is 0.343 e. The summed E-state index contributed by atoms with van der Waals surface area (Å²) in [6.07, 6.45) is 0.866. The Balaban J connectivity index is 1.56. The number of aromatic nitrogens is 3. The Morgan fingerprint density at radius 1 is 1.21 bits per heavy atom. The minimum atomic E-state index is -1.83. The van der Waals surface area contributed by atoms with Gasteiger partial charge >= 0.3 is 5.97 Å². The summed E-state index contributed by atoms with van der Waals surface area (Å²) in [6.45, 7) is 6.14. The Labute approximate surface area is 188 Å². The molecule has 0 amide bonds. The first-order valence-corrected chi connectivity index (χ1v) is 11.2. The molecule has 168 valence electrons. The number of fused-ring (bicyclic) bond motifs is 7. The molecule has 5 heterocycles. The number of rotatable bonds is 3. The monoisotopic (exact) mass is 445 g/mol. The third-order valence-corrected chi connectivity index (χ3v) is 6.67. The molecule has 0 spiro atoms. The van der Waals surface area contributed by atoms with Crippen LogP contribution in [0.25, 0.3) is 33.4 Å². The van der Waals surface area contributed by atoms with Crippen LogP contribution in [0.15, 0.2) is 33.5 Å². The molecule has 0 fully saturated rings. The van der Waals surface area contributed by atoms with Crippen molar-refractivity contribution in [2.45, 2.75) is 52.4 Å². The minimum Gasteiger partial charge on any atom is -0.458 e. The van der Waals surface area contributed by atoms with Crippen LogP contribution in [0.3, 0.4) is 0 Å². The van der Waals surface area contributed by atoms with Crippen LogP contribution in [0.4, 0.5) is 0 Å². The lowest BCUT2D eigenvalue weighted by molar-refractivity contribution is -0.172. The molecule has 2 aliphatic heterocycles. The van der Waals surface area contributed by atoms with Crippen LogP contribution in [0.5, 0.6) is 0 Å². The largest absolute Gasteiger partial charge is 0.458 e. The molecule has 0 bridgehead atoms. The van der Waals surface area contributed by atoms with Crippen molar-refractivity contribution in [2.75, 3.05) is 0 Å². The van der Waals surface area contributed by atoms with Crippen molar-refractivity contribution in [2.24, 2.45) is 5.92 Å². The van der Waals surface area contributed by atoms with E-state index in [1.165, 1.54) is 0 Å². The zero-order valence-electron chi connectivity index (χ0n) is 18.6. The maximum absolute atomic E-state index is 13.3. The molecule has 33 heavy (non-hydrogen) atoms. The number of pyridine rings is 2. The molecule has 4 aromatic rings. The zero-order valence-corrected chi connectivity index (χ0v) is 18.6. The molecular weight excluding hydrogens is 422 g/mol. The van der Waals surface area contributed by atoms with Gasteiger partial charge in [0.2, 0.25) is 0 Å². The van der Waals surface area contributed by atoms with Crippen molar-refractivity contribution in [1.29, 1.82) is 0 Å². The van der Waals surface area contributed by atoms with Crippen LogP contribution in [0.1, 0.15) is 49.8 Å². The van der Waals surface area contributed by atoms with Crippen LogP contribution >= 0.6 is 0 Å². The highest BCUT2D eigenvalue weighted by atomic mass is 16.6. The number of hydrogen-bond donors (Lipinski definition) is 1. The van der Waals surface area contributed by atoms with Gasteiger partial charge in [0.05, 0.1) is 29.0 Å². The van der Waals surface area contributed by atoms with E-state index in [1.54, 1.807) is 17.6 Å². The number of carbonyl (C=O) groups is 1. The third-order valence-electron chi connectivity index (χ3n) is 6.67. The van der Waals surface area contributed by atoms with Crippen molar-refractivity contribution >= 4 is 28.0 Å². The molecule has 8 nitrogen and oxygen atoms in total. The van der Waals surface area contributed by atoms with Gasteiger partial charge in [-0.05, 0) is 36.6 Å². The lowest BCUT2D eigenvalue weighted by Crippen LogP contribution is -2.44. The number of esters is 1. The first-order valence-electron chi connectivity index (χ1n) is 11.2. The summed E-state index contributed by atoms with van der Waals surface area (Å²) in [7, 11) is 0. The van der Waals surface area contributed by atoms with Crippen LogP contribution in [-0.2, 0) is 34.7 Å². The van der Waals surface area contributed by atoms with Crippen molar-refractivity contribution in [3.63, 3.8) is 0 Å². The number of carbonyl (C=O) groups excluding carboxylic acids is 1. The first kappa shape index (κ1) is 20.1. The lowest BCUT2D eigenvalue weighted by Gasteiger charge is -2.31. The fraction of sp³-hybridized carbons (Fsp3) is 0.360. The topological polar surface area (TPSA) is 107 Å². The minimum absolute atomic E-state index is 0.114. The van der Waals surface area contributed by atoms with E-state index in [1.807, 2.05) is 18.2 Å².